The Kier molecular flexibility index (Phi) is 6.57. The van der Waals surface area contributed by atoms with E-state index >= 15 is 0 Å². The SMILES string of the molecule is Cc1cncc(-c2ccc(-c3cc4cnc(C)nc4n(CCC4OCC(N)CO4)c3=O)c(Cl)c2)n1. The van der Waals surface area contributed by atoms with Crippen molar-refractivity contribution in [2.75, 3.05) is 13.2 Å². The van der Waals surface area contributed by atoms with Gasteiger partial charge in [-0.25, -0.2) is 15.0 Å². The number of nitrogens with two attached hydrogens (primary N) is 1. The van der Waals surface area contributed by atoms with Gasteiger partial charge in [0.2, 0.25) is 0 Å². The molecule has 1 aliphatic heterocycles. The highest BCUT2D eigenvalue weighted by atomic mass is 35.5. The minimum absolute atomic E-state index is 0.135. The average Bonchev–Trinajstić information content (AvgIpc) is 2.84. The van der Waals surface area contributed by atoms with Gasteiger partial charge in [-0.05, 0) is 26.0 Å². The van der Waals surface area contributed by atoms with E-state index in [0.717, 1.165) is 16.6 Å². The number of hydrogen-bond donors (Lipinski definition) is 1. The molecule has 0 radical (unpaired) electrons. The lowest BCUT2D eigenvalue weighted by Gasteiger charge is -2.27. The Morgan fingerprint density at radius 1 is 1.09 bits per heavy atom. The Hall–Kier alpha value is -3.24. The second-order valence-electron chi connectivity index (χ2n) is 8.60. The molecule has 1 fully saturated rings. The van der Waals surface area contributed by atoms with Crippen LogP contribution in [-0.2, 0) is 16.0 Å². The number of fused-ring (bicyclic) bond motifs is 1. The number of aromatic nitrogens is 5. The number of benzene rings is 1. The van der Waals surface area contributed by atoms with Crippen molar-refractivity contribution in [1.29, 1.82) is 0 Å². The van der Waals surface area contributed by atoms with Crippen molar-refractivity contribution in [3.63, 3.8) is 0 Å². The number of aryl methyl sites for hydroxylation is 3. The lowest BCUT2D eigenvalue weighted by atomic mass is 10.0. The number of ether oxygens (including phenoxy) is 2. The molecular weight excluding hydrogens is 468 g/mol. The molecule has 10 heteroatoms. The molecule has 180 valence electrons. The first kappa shape index (κ1) is 23.5. The molecule has 2 N–H and O–H groups in total. The Morgan fingerprint density at radius 2 is 1.89 bits per heavy atom. The summed E-state index contributed by atoms with van der Waals surface area (Å²) in [6.07, 6.45) is 5.14. The predicted molar refractivity (Wildman–Crippen MR) is 133 cm³/mol. The number of nitrogens with zero attached hydrogens (tertiary/aromatic N) is 5. The van der Waals surface area contributed by atoms with Crippen LogP contribution in [0.1, 0.15) is 17.9 Å². The predicted octanol–water partition coefficient (Wildman–Crippen LogP) is 3.28. The summed E-state index contributed by atoms with van der Waals surface area (Å²) in [7, 11) is 0. The summed E-state index contributed by atoms with van der Waals surface area (Å²) in [5.74, 6) is 0.580. The minimum Gasteiger partial charge on any atom is -0.351 e. The quantitative estimate of drug-likeness (QED) is 0.451. The molecule has 0 aliphatic carbocycles. The van der Waals surface area contributed by atoms with E-state index in [-0.39, 0.29) is 11.6 Å². The van der Waals surface area contributed by atoms with Gasteiger partial charge in [0.1, 0.15) is 11.5 Å². The topological polar surface area (TPSA) is 118 Å². The fourth-order valence-corrected chi connectivity index (χ4v) is 4.38. The second-order valence-corrected chi connectivity index (χ2v) is 9.00. The highest BCUT2D eigenvalue weighted by molar-refractivity contribution is 6.33. The first-order valence-electron chi connectivity index (χ1n) is 11.3. The summed E-state index contributed by atoms with van der Waals surface area (Å²) >= 11 is 6.69. The third-order valence-corrected chi connectivity index (χ3v) is 6.15. The molecule has 4 aromatic rings. The average molecular weight is 493 g/mol. The van der Waals surface area contributed by atoms with Crippen LogP contribution in [0.4, 0.5) is 0 Å². The first-order chi connectivity index (χ1) is 16.9. The third-order valence-electron chi connectivity index (χ3n) is 5.84. The van der Waals surface area contributed by atoms with Crippen LogP contribution in [0.25, 0.3) is 33.4 Å². The van der Waals surface area contributed by atoms with Gasteiger partial charge >= 0.3 is 0 Å². The lowest BCUT2D eigenvalue weighted by Crippen LogP contribution is -2.41. The fraction of sp³-hybridized carbons (Fsp3) is 0.320. The van der Waals surface area contributed by atoms with Crippen molar-refractivity contribution in [3.8, 4) is 22.4 Å². The summed E-state index contributed by atoms with van der Waals surface area (Å²) < 4.78 is 13.0. The Labute approximate surface area is 206 Å². The maximum absolute atomic E-state index is 13.7. The second kappa shape index (κ2) is 9.79. The monoisotopic (exact) mass is 492 g/mol. The molecule has 0 spiro atoms. The molecule has 5 rings (SSSR count). The molecule has 0 unspecified atom stereocenters. The zero-order valence-electron chi connectivity index (χ0n) is 19.4. The summed E-state index contributed by atoms with van der Waals surface area (Å²) in [5.41, 5.74) is 9.61. The molecule has 9 nitrogen and oxygen atoms in total. The molecule has 0 bridgehead atoms. The van der Waals surface area contributed by atoms with Crippen LogP contribution in [0, 0.1) is 13.8 Å². The van der Waals surface area contributed by atoms with Gasteiger partial charge in [-0.1, -0.05) is 23.7 Å². The van der Waals surface area contributed by atoms with Crippen LogP contribution in [-0.4, -0.2) is 50.0 Å². The Morgan fingerprint density at radius 3 is 2.63 bits per heavy atom. The molecule has 1 aliphatic rings. The van der Waals surface area contributed by atoms with Crippen LogP contribution in [0.3, 0.4) is 0 Å². The van der Waals surface area contributed by atoms with Crippen LogP contribution < -0.4 is 11.3 Å². The normalized spacial score (nSPS) is 18.2. The Bertz CT molecular complexity index is 1450. The zero-order valence-corrected chi connectivity index (χ0v) is 20.2. The van der Waals surface area contributed by atoms with Gasteiger partial charge in [0.05, 0.1) is 36.8 Å². The molecule has 0 saturated carbocycles. The highest BCUT2D eigenvalue weighted by Crippen LogP contribution is 2.31. The number of hydrogen-bond acceptors (Lipinski definition) is 8. The largest absolute Gasteiger partial charge is 0.351 e. The van der Waals surface area contributed by atoms with Crippen molar-refractivity contribution in [1.82, 2.24) is 24.5 Å². The first-order valence-corrected chi connectivity index (χ1v) is 11.7. The van der Waals surface area contributed by atoms with Crippen LogP contribution in [0.15, 0.2) is 47.7 Å². The molecule has 1 aromatic carbocycles. The van der Waals surface area contributed by atoms with Gasteiger partial charge in [-0.15, -0.1) is 0 Å². The number of rotatable bonds is 5. The standard InChI is InChI=1S/C25H25ClN6O3/c1-14-9-28-11-22(30-14)16-3-4-19(21(26)8-16)20-7-17-10-29-15(2)31-24(17)32(25(20)33)6-5-23-34-12-18(27)13-35-23/h3-4,7-11,18,23H,5-6,12-13,27H2,1-2H3. The summed E-state index contributed by atoms with van der Waals surface area (Å²) in [5, 5.41) is 1.18. The molecule has 0 atom stereocenters. The van der Waals surface area contributed by atoms with E-state index in [1.165, 1.54) is 0 Å². The minimum atomic E-state index is -0.429. The zero-order chi connectivity index (χ0) is 24.5. The fourth-order valence-electron chi connectivity index (χ4n) is 4.10. The van der Waals surface area contributed by atoms with Gasteiger partial charge in [-0.3, -0.25) is 14.3 Å². The molecule has 1 saturated heterocycles. The maximum atomic E-state index is 13.7. The van der Waals surface area contributed by atoms with E-state index < -0.39 is 6.29 Å². The highest BCUT2D eigenvalue weighted by Gasteiger charge is 2.21. The van der Waals surface area contributed by atoms with Crippen molar-refractivity contribution >= 4 is 22.6 Å². The van der Waals surface area contributed by atoms with Gasteiger partial charge in [-0.2, -0.15) is 0 Å². The van der Waals surface area contributed by atoms with E-state index in [0.29, 0.717) is 59.5 Å². The van der Waals surface area contributed by atoms with Crippen LogP contribution >= 0.6 is 11.6 Å². The van der Waals surface area contributed by atoms with Gasteiger partial charge in [0.25, 0.3) is 5.56 Å². The van der Waals surface area contributed by atoms with E-state index in [9.17, 15) is 4.79 Å². The van der Waals surface area contributed by atoms with E-state index in [1.54, 1.807) is 42.2 Å². The van der Waals surface area contributed by atoms with Crippen molar-refractivity contribution < 1.29 is 9.47 Å². The molecule has 0 amide bonds. The lowest BCUT2D eigenvalue weighted by molar-refractivity contribution is -0.189. The van der Waals surface area contributed by atoms with Gasteiger partial charge < -0.3 is 15.2 Å². The van der Waals surface area contributed by atoms with E-state index in [4.69, 9.17) is 26.8 Å². The summed E-state index contributed by atoms with van der Waals surface area (Å²) in [4.78, 5) is 31.2. The number of halogens is 1. The Balaban J connectivity index is 1.55. The smallest absolute Gasteiger partial charge is 0.260 e. The van der Waals surface area contributed by atoms with Crippen LogP contribution in [0.2, 0.25) is 5.02 Å². The van der Waals surface area contributed by atoms with Crippen LogP contribution in [0.5, 0.6) is 0 Å². The molecule has 3 aromatic heterocycles. The maximum Gasteiger partial charge on any atom is 0.260 e. The molecular formula is C25H25ClN6O3. The van der Waals surface area contributed by atoms with Crippen molar-refractivity contribution in [2.24, 2.45) is 5.73 Å². The van der Waals surface area contributed by atoms with E-state index in [2.05, 4.69) is 19.9 Å². The van der Waals surface area contributed by atoms with E-state index in [1.807, 2.05) is 19.1 Å². The summed E-state index contributed by atoms with van der Waals surface area (Å²) in [6.45, 7) is 4.88. The van der Waals surface area contributed by atoms with Crippen molar-refractivity contribution in [3.05, 3.63) is 69.8 Å². The number of pyridine rings is 1. The van der Waals surface area contributed by atoms with Gasteiger partial charge in [0.15, 0.2) is 6.29 Å². The summed E-state index contributed by atoms with van der Waals surface area (Å²) in [6, 6.07) is 7.17. The van der Waals surface area contributed by atoms with Gasteiger partial charge in [0, 0.05) is 52.5 Å². The molecule has 35 heavy (non-hydrogen) atoms. The van der Waals surface area contributed by atoms with Crippen molar-refractivity contribution in [2.45, 2.75) is 39.1 Å². The third kappa shape index (κ3) is 4.94. The molecule has 4 heterocycles.